The molecule has 1 fully saturated rings. The SMILES string of the molecule is O=C(CC1C(=O)N(c2ccccc2)C(=S)N1Cc1ccc(Cl)cc1)Nc1ccc(F)cc1. The molecule has 0 aromatic heterocycles. The predicted octanol–water partition coefficient (Wildman–Crippen LogP) is 5.01. The molecule has 162 valence electrons. The van der Waals surface area contributed by atoms with Crippen molar-refractivity contribution in [2.45, 2.75) is 19.0 Å². The predicted molar refractivity (Wildman–Crippen MR) is 127 cm³/mol. The molecule has 0 aliphatic carbocycles. The van der Waals surface area contributed by atoms with Crippen LogP contribution >= 0.6 is 23.8 Å². The monoisotopic (exact) mass is 467 g/mol. The summed E-state index contributed by atoms with van der Waals surface area (Å²) < 4.78 is 13.1. The molecule has 0 radical (unpaired) electrons. The fourth-order valence-electron chi connectivity index (χ4n) is 3.54. The van der Waals surface area contributed by atoms with Crippen LogP contribution in [-0.4, -0.2) is 27.9 Å². The summed E-state index contributed by atoms with van der Waals surface area (Å²) in [5.74, 6) is -1.04. The molecule has 8 heteroatoms. The van der Waals surface area contributed by atoms with E-state index in [1.165, 1.54) is 29.2 Å². The normalized spacial score (nSPS) is 15.9. The lowest BCUT2D eigenvalue weighted by Crippen LogP contribution is -2.37. The molecule has 32 heavy (non-hydrogen) atoms. The Balaban J connectivity index is 1.58. The first-order valence-corrected chi connectivity index (χ1v) is 10.7. The number of thiocarbonyl (C=S) groups is 1. The molecule has 1 unspecified atom stereocenters. The number of benzene rings is 3. The minimum atomic E-state index is -0.779. The zero-order valence-corrected chi connectivity index (χ0v) is 18.4. The summed E-state index contributed by atoms with van der Waals surface area (Å²) in [5.41, 5.74) is 2.00. The zero-order chi connectivity index (χ0) is 22.7. The standard InChI is InChI=1S/C24H19ClFN3O2S/c25-17-8-6-16(7-9-17)15-28-21(14-22(30)27-19-12-10-18(26)11-13-19)23(31)29(24(28)32)20-4-2-1-3-5-20/h1-13,21H,14-15H2,(H,27,30). The van der Waals surface area contributed by atoms with Crippen molar-refractivity contribution in [2.75, 3.05) is 10.2 Å². The van der Waals surface area contributed by atoms with E-state index >= 15 is 0 Å². The van der Waals surface area contributed by atoms with Crippen molar-refractivity contribution in [3.8, 4) is 0 Å². The van der Waals surface area contributed by atoms with Gasteiger partial charge in [-0.05, 0) is 66.3 Å². The van der Waals surface area contributed by atoms with E-state index in [2.05, 4.69) is 5.32 Å². The van der Waals surface area contributed by atoms with Gasteiger partial charge in [0.25, 0.3) is 5.91 Å². The number of anilines is 2. The van der Waals surface area contributed by atoms with Crippen LogP contribution in [0.1, 0.15) is 12.0 Å². The molecule has 0 spiro atoms. The Labute approximate surface area is 195 Å². The van der Waals surface area contributed by atoms with Gasteiger partial charge in [-0.1, -0.05) is 41.9 Å². The molecule has 1 heterocycles. The maximum Gasteiger partial charge on any atom is 0.256 e. The van der Waals surface area contributed by atoms with Gasteiger partial charge in [0, 0.05) is 17.3 Å². The summed E-state index contributed by atoms with van der Waals surface area (Å²) in [6.45, 7) is 0.347. The summed E-state index contributed by atoms with van der Waals surface area (Å²) in [7, 11) is 0. The van der Waals surface area contributed by atoms with Gasteiger partial charge in [-0.15, -0.1) is 0 Å². The fourth-order valence-corrected chi connectivity index (χ4v) is 4.05. The molecule has 3 aromatic carbocycles. The van der Waals surface area contributed by atoms with Crippen LogP contribution in [0.5, 0.6) is 0 Å². The molecule has 0 bridgehead atoms. The Morgan fingerprint density at radius 2 is 1.66 bits per heavy atom. The molecule has 1 atom stereocenters. The van der Waals surface area contributed by atoms with Gasteiger partial charge in [0.15, 0.2) is 5.11 Å². The van der Waals surface area contributed by atoms with Crippen molar-refractivity contribution in [3.63, 3.8) is 0 Å². The van der Waals surface area contributed by atoms with E-state index < -0.39 is 11.9 Å². The van der Waals surface area contributed by atoms with Gasteiger partial charge >= 0.3 is 0 Å². The van der Waals surface area contributed by atoms with Crippen molar-refractivity contribution in [1.29, 1.82) is 0 Å². The van der Waals surface area contributed by atoms with Crippen molar-refractivity contribution in [3.05, 3.63) is 95.3 Å². The number of para-hydroxylation sites is 1. The Kier molecular flexibility index (Phi) is 6.48. The van der Waals surface area contributed by atoms with E-state index in [-0.39, 0.29) is 18.2 Å². The molecule has 2 amide bonds. The molecule has 3 aromatic rings. The highest BCUT2D eigenvalue weighted by Gasteiger charge is 2.44. The Morgan fingerprint density at radius 3 is 2.31 bits per heavy atom. The first kappa shape index (κ1) is 21.9. The summed E-state index contributed by atoms with van der Waals surface area (Å²) in [5, 5.41) is 3.65. The fraction of sp³-hybridized carbons (Fsp3) is 0.125. The molecule has 4 rings (SSSR count). The third-order valence-electron chi connectivity index (χ3n) is 5.11. The van der Waals surface area contributed by atoms with E-state index in [9.17, 15) is 14.0 Å². The second kappa shape index (κ2) is 9.46. The lowest BCUT2D eigenvalue weighted by atomic mass is 10.1. The smallest absolute Gasteiger partial charge is 0.256 e. The van der Waals surface area contributed by atoms with Gasteiger partial charge in [0.1, 0.15) is 11.9 Å². The van der Waals surface area contributed by atoms with E-state index in [0.29, 0.717) is 28.1 Å². The molecule has 1 N–H and O–H groups in total. The Morgan fingerprint density at radius 1 is 1.00 bits per heavy atom. The summed E-state index contributed by atoms with van der Waals surface area (Å²) in [4.78, 5) is 29.3. The lowest BCUT2D eigenvalue weighted by molar-refractivity contribution is -0.124. The number of amides is 2. The van der Waals surface area contributed by atoms with Crippen LogP contribution in [0.15, 0.2) is 78.9 Å². The van der Waals surface area contributed by atoms with Crippen LogP contribution in [0.2, 0.25) is 5.02 Å². The summed E-state index contributed by atoms with van der Waals surface area (Å²) in [6.07, 6.45) is -0.104. The number of nitrogens with zero attached hydrogens (tertiary/aromatic N) is 2. The van der Waals surface area contributed by atoms with Crippen LogP contribution < -0.4 is 10.2 Å². The number of nitrogens with one attached hydrogen (secondary N) is 1. The number of carbonyl (C=O) groups excluding carboxylic acids is 2. The van der Waals surface area contributed by atoms with Crippen molar-refractivity contribution < 1.29 is 14.0 Å². The lowest BCUT2D eigenvalue weighted by Gasteiger charge is -2.24. The molecular formula is C24H19ClFN3O2S. The molecule has 0 saturated carbocycles. The van der Waals surface area contributed by atoms with Gasteiger partial charge in [0.05, 0.1) is 12.1 Å². The van der Waals surface area contributed by atoms with E-state index in [1.807, 2.05) is 30.3 Å². The number of hydrogen-bond donors (Lipinski definition) is 1. The minimum Gasteiger partial charge on any atom is -0.332 e. The third-order valence-corrected chi connectivity index (χ3v) is 5.78. The van der Waals surface area contributed by atoms with Gasteiger partial charge in [-0.25, -0.2) is 4.39 Å². The first-order valence-electron chi connectivity index (χ1n) is 9.92. The minimum absolute atomic E-state index is 0.104. The number of hydrogen-bond acceptors (Lipinski definition) is 3. The zero-order valence-electron chi connectivity index (χ0n) is 16.9. The number of rotatable bonds is 6. The van der Waals surface area contributed by atoms with Crippen LogP contribution in [0.25, 0.3) is 0 Å². The highest BCUT2D eigenvalue weighted by molar-refractivity contribution is 7.80. The highest BCUT2D eigenvalue weighted by Crippen LogP contribution is 2.29. The van der Waals surface area contributed by atoms with E-state index in [4.69, 9.17) is 23.8 Å². The van der Waals surface area contributed by atoms with E-state index in [0.717, 1.165) is 5.56 Å². The quantitative estimate of drug-likeness (QED) is 0.518. The van der Waals surface area contributed by atoms with Crippen LogP contribution in [-0.2, 0) is 16.1 Å². The number of carbonyl (C=O) groups is 2. The largest absolute Gasteiger partial charge is 0.332 e. The average molecular weight is 468 g/mol. The second-order valence-electron chi connectivity index (χ2n) is 7.32. The van der Waals surface area contributed by atoms with Crippen molar-refractivity contribution in [1.82, 2.24) is 4.90 Å². The molecule has 5 nitrogen and oxygen atoms in total. The Bertz CT molecular complexity index is 1140. The van der Waals surface area contributed by atoms with Gasteiger partial charge in [-0.2, -0.15) is 0 Å². The average Bonchev–Trinajstić information content (AvgIpc) is 3.01. The van der Waals surface area contributed by atoms with Crippen LogP contribution in [0.4, 0.5) is 15.8 Å². The van der Waals surface area contributed by atoms with Crippen molar-refractivity contribution in [2.24, 2.45) is 0 Å². The van der Waals surface area contributed by atoms with Crippen LogP contribution in [0, 0.1) is 5.82 Å². The topological polar surface area (TPSA) is 52.7 Å². The summed E-state index contributed by atoms with van der Waals surface area (Å²) in [6, 6.07) is 21.0. The molecule has 1 saturated heterocycles. The maximum atomic E-state index is 13.3. The van der Waals surface area contributed by atoms with Crippen molar-refractivity contribution >= 4 is 52.1 Å². The summed E-state index contributed by atoms with van der Waals surface area (Å²) >= 11 is 11.6. The number of halogens is 2. The Hall–Kier alpha value is -3.29. The molecule has 1 aliphatic rings. The van der Waals surface area contributed by atoms with E-state index in [1.54, 1.807) is 29.2 Å². The maximum absolute atomic E-state index is 13.3. The highest BCUT2D eigenvalue weighted by atomic mass is 35.5. The van der Waals surface area contributed by atoms with Crippen LogP contribution in [0.3, 0.4) is 0 Å². The van der Waals surface area contributed by atoms with Gasteiger partial charge in [-0.3, -0.25) is 14.5 Å². The first-order chi connectivity index (χ1) is 15.4. The molecular weight excluding hydrogens is 449 g/mol. The van der Waals surface area contributed by atoms with Gasteiger partial charge < -0.3 is 10.2 Å². The van der Waals surface area contributed by atoms with Gasteiger partial charge in [0.2, 0.25) is 5.91 Å². The third kappa shape index (κ3) is 4.79. The second-order valence-corrected chi connectivity index (χ2v) is 8.12. The molecule has 1 aliphatic heterocycles.